The first kappa shape index (κ1) is 12.1. The molecular formula is C14H14N2O2. The smallest absolute Gasteiger partial charge is 0.270 e. The van der Waals surface area contributed by atoms with Gasteiger partial charge in [0.05, 0.1) is 0 Å². The number of phenols is 1. The van der Waals surface area contributed by atoms with Crippen molar-refractivity contribution in [1.82, 2.24) is 10.3 Å². The highest BCUT2D eigenvalue weighted by atomic mass is 16.3. The topological polar surface area (TPSA) is 62.2 Å². The van der Waals surface area contributed by atoms with Gasteiger partial charge >= 0.3 is 0 Å². The van der Waals surface area contributed by atoms with Crippen molar-refractivity contribution in [3.05, 3.63) is 59.4 Å². The first-order valence-corrected chi connectivity index (χ1v) is 5.64. The lowest BCUT2D eigenvalue weighted by atomic mass is 10.2. The van der Waals surface area contributed by atoms with Crippen LogP contribution in [-0.4, -0.2) is 16.0 Å². The number of hydrogen-bond donors (Lipinski definition) is 2. The molecule has 1 aromatic heterocycles. The number of benzene rings is 1. The monoisotopic (exact) mass is 242 g/mol. The van der Waals surface area contributed by atoms with Crippen LogP contribution in [0, 0.1) is 6.92 Å². The fourth-order valence-electron chi connectivity index (χ4n) is 1.66. The lowest BCUT2D eigenvalue weighted by Gasteiger charge is -2.06. The van der Waals surface area contributed by atoms with Crippen LogP contribution >= 0.6 is 0 Å². The van der Waals surface area contributed by atoms with Crippen LogP contribution < -0.4 is 5.32 Å². The molecule has 2 aromatic rings. The van der Waals surface area contributed by atoms with Crippen LogP contribution in [0.1, 0.15) is 21.6 Å². The average Bonchev–Trinajstić information content (AvgIpc) is 2.37. The second-order valence-electron chi connectivity index (χ2n) is 4.02. The van der Waals surface area contributed by atoms with Crippen LogP contribution in [-0.2, 0) is 6.54 Å². The van der Waals surface area contributed by atoms with E-state index in [1.54, 1.807) is 30.5 Å². The molecule has 0 atom stereocenters. The maximum absolute atomic E-state index is 11.9. The van der Waals surface area contributed by atoms with Gasteiger partial charge in [-0.05, 0) is 36.2 Å². The summed E-state index contributed by atoms with van der Waals surface area (Å²) in [5, 5.41) is 12.1. The molecule has 0 saturated carbocycles. The number of aromatic nitrogens is 1. The minimum Gasteiger partial charge on any atom is -0.508 e. The molecule has 92 valence electrons. The summed E-state index contributed by atoms with van der Waals surface area (Å²) in [6.07, 6.45) is 1.59. The maximum atomic E-state index is 11.9. The quantitative estimate of drug-likeness (QED) is 0.865. The Bertz CT molecular complexity index is 567. The number of hydrogen-bond acceptors (Lipinski definition) is 3. The third kappa shape index (κ3) is 2.85. The normalized spacial score (nSPS) is 10.1. The van der Waals surface area contributed by atoms with Gasteiger partial charge in [-0.3, -0.25) is 9.78 Å². The van der Waals surface area contributed by atoms with Crippen LogP contribution in [0.25, 0.3) is 0 Å². The van der Waals surface area contributed by atoms with E-state index in [0.29, 0.717) is 12.2 Å². The Morgan fingerprint density at radius 2 is 2.17 bits per heavy atom. The molecule has 2 rings (SSSR count). The van der Waals surface area contributed by atoms with E-state index in [9.17, 15) is 9.90 Å². The van der Waals surface area contributed by atoms with Crippen LogP contribution in [0.3, 0.4) is 0 Å². The van der Waals surface area contributed by atoms with E-state index < -0.39 is 0 Å². The number of aryl methyl sites for hydroxylation is 1. The zero-order valence-corrected chi connectivity index (χ0v) is 10.1. The summed E-state index contributed by atoms with van der Waals surface area (Å²) in [7, 11) is 0. The zero-order valence-electron chi connectivity index (χ0n) is 10.1. The lowest BCUT2D eigenvalue weighted by molar-refractivity contribution is 0.0945. The molecule has 2 N–H and O–H groups in total. The molecular weight excluding hydrogens is 228 g/mol. The van der Waals surface area contributed by atoms with Crippen molar-refractivity contribution in [2.75, 3.05) is 0 Å². The molecule has 1 heterocycles. The van der Waals surface area contributed by atoms with Gasteiger partial charge in [-0.1, -0.05) is 18.2 Å². The van der Waals surface area contributed by atoms with Gasteiger partial charge in [0.2, 0.25) is 0 Å². The Kier molecular flexibility index (Phi) is 3.57. The summed E-state index contributed by atoms with van der Waals surface area (Å²) in [4.78, 5) is 15.9. The summed E-state index contributed by atoms with van der Waals surface area (Å²) in [6.45, 7) is 2.21. The highest BCUT2D eigenvalue weighted by Gasteiger charge is 2.09. The molecule has 0 aliphatic rings. The highest BCUT2D eigenvalue weighted by Crippen LogP contribution is 2.11. The molecule has 0 aliphatic heterocycles. The number of amides is 1. The van der Waals surface area contributed by atoms with Crippen LogP contribution in [0.2, 0.25) is 0 Å². The number of carbonyl (C=O) groups is 1. The van der Waals surface area contributed by atoms with Crippen LogP contribution in [0.15, 0.2) is 42.6 Å². The van der Waals surface area contributed by atoms with Gasteiger partial charge < -0.3 is 10.4 Å². The highest BCUT2D eigenvalue weighted by molar-refractivity contribution is 5.93. The predicted octanol–water partition coefficient (Wildman–Crippen LogP) is 2.03. The SMILES string of the molecule is Cc1cccnc1C(=O)NCc1cccc(O)c1. The molecule has 0 saturated heterocycles. The number of phenolic OH excluding ortho intramolecular Hbond substituents is 1. The van der Waals surface area contributed by atoms with Crippen molar-refractivity contribution < 1.29 is 9.90 Å². The number of aromatic hydroxyl groups is 1. The first-order chi connectivity index (χ1) is 8.66. The summed E-state index contributed by atoms with van der Waals surface area (Å²) >= 11 is 0. The zero-order chi connectivity index (χ0) is 13.0. The number of carbonyl (C=O) groups excluding carboxylic acids is 1. The molecule has 18 heavy (non-hydrogen) atoms. The fourth-order valence-corrected chi connectivity index (χ4v) is 1.66. The van der Waals surface area contributed by atoms with Crippen molar-refractivity contribution in [2.45, 2.75) is 13.5 Å². The number of nitrogens with zero attached hydrogens (tertiary/aromatic N) is 1. The average molecular weight is 242 g/mol. The Balaban J connectivity index is 2.03. The molecule has 0 radical (unpaired) electrons. The summed E-state index contributed by atoms with van der Waals surface area (Å²) < 4.78 is 0. The first-order valence-electron chi connectivity index (χ1n) is 5.64. The summed E-state index contributed by atoms with van der Waals surface area (Å²) in [6, 6.07) is 10.4. The fraction of sp³-hybridized carbons (Fsp3) is 0.143. The van der Waals surface area contributed by atoms with Gasteiger partial charge in [0.25, 0.3) is 5.91 Å². The lowest BCUT2D eigenvalue weighted by Crippen LogP contribution is -2.24. The van der Waals surface area contributed by atoms with Crippen LogP contribution in [0.5, 0.6) is 5.75 Å². The third-order valence-corrected chi connectivity index (χ3v) is 2.59. The van der Waals surface area contributed by atoms with Gasteiger partial charge in [-0.25, -0.2) is 0 Å². The van der Waals surface area contributed by atoms with Crippen molar-refractivity contribution in [3.8, 4) is 5.75 Å². The summed E-state index contributed by atoms with van der Waals surface area (Å²) in [5.41, 5.74) is 2.11. The van der Waals surface area contributed by atoms with Crippen molar-refractivity contribution >= 4 is 5.91 Å². The van der Waals surface area contributed by atoms with Crippen LogP contribution in [0.4, 0.5) is 0 Å². The van der Waals surface area contributed by atoms with E-state index >= 15 is 0 Å². The van der Waals surface area contributed by atoms with Gasteiger partial charge in [-0.2, -0.15) is 0 Å². The largest absolute Gasteiger partial charge is 0.508 e. The van der Waals surface area contributed by atoms with E-state index in [1.807, 2.05) is 19.1 Å². The predicted molar refractivity (Wildman–Crippen MR) is 68.3 cm³/mol. The Labute approximate surface area is 105 Å². The molecule has 1 amide bonds. The molecule has 1 aromatic carbocycles. The van der Waals surface area contributed by atoms with E-state index in [4.69, 9.17) is 0 Å². The van der Waals surface area contributed by atoms with Crippen molar-refractivity contribution in [2.24, 2.45) is 0 Å². The molecule has 0 spiro atoms. The van der Waals surface area contributed by atoms with E-state index in [0.717, 1.165) is 11.1 Å². The molecule has 0 aliphatic carbocycles. The molecule has 4 heteroatoms. The molecule has 0 unspecified atom stereocenters. The van der Waals surface area contributed by atoms with E-state index in [-0.39, 0.29) is 11.7 Å². The summed E-state index contributed by atoms with van der Waals surface area (Å²) in [5.74, 6) is -0.0211. The van der Waals surface area contributed by atoms with E-state index in [2.05, 4.69) is 10.3 Å². The third-order valence-electron chi connectivity index (χ3n) is 2.59. The number of nitrogens with one attached hydrogen (secondary N) is 1. The second kappa shape index (κ2) is 5.31. The maximum Gasteiger partial charge on any atom is 0.270 e. The Hall–Kier alpha value is -2.36. The van der Waals surface area contributed by atoms with Gasteiger partial charge in [0.1, 0.15) is 11.4 Å². The molecule has 0 bridgehead atoms. The van der Waals surface area contributed by atoms with Gasteiger partial charge in [0.15, 0.2) is 0 Å². The van der Waals surface area contributed by atoms with Gasteiger partial charge in [-0.15, -0.1) is 0 Å². The Morgan fingerprint density at radius 3 is 2.89 bits per heavy atom. The number of rotatable bonds is 3. The number of pyridine rings is 1. The minimum atomic E-state index is -0.212. The van der Waals surface area contributed by atoms with Crippen molar-refractivity contribution in [1.29, 1.82) is 0 Å². The van der Waals surface area contributed by atoms with E-state index in [1.165, 1.54) is 0 Å². The van der Waals surface area contributed by atoms with Gasteiger partial charge in [0, 0.05) is 12.7 Å². The minimum absolute atomic E-state index is 0.191. The molecule has 0 fully saturated rings. The second-order valence-corrected chi connectivity index (χ2v) is 4.02. The van der Waals surface area contributed by atoms with Crippen molar-refractivity contribution in [3.63, 3.8) is 0 Å². The standard InChI is InChI=1S/C14H14N2O2/c1-10-4-3-7-15-13(10)14(18)16-9-11-5-2-6-12(17)8-11/h2-8,17H,9H2,1H3,(H,16,18). The Morgan fingerprint density at radius 1 is 1.33 bits per heavy atom. The molecule has 4 nitrogen and oxygen atoms in total.